The van der Waals surface area contributed by atoms with Gasteiger partial charge in [-0.15, -0.1) is 0 Å². The predicted octanol–water partition coefficient (Wildman–Crippen LogP) is 37.0. The van der Waals surface area contributed by atoms with E-state index in [4.69, 9.17) is 58.1 Å². The Labute approximate surface area is 857 Å². The van der Waals surface area contributed by atoms with Crippen LogP contribution in [0, 0.1) is 0 Å². The number of hydrogen-bond donors (Lipinski definition) is 0. The Balaban J connectivity index is 0.000000112. The molecule has 0 radical (unpaired) electrons. The first-order chi connectivity index (χ1) is 72.8. The molecule has 700 valence electrons. The minimum Gasteiger partial charge on any atom is -0.456 e. The molecule has 12 nitrogen and oxygen atoms in total. The van der Waals surface area contributed by atoms with Gasteiger partial charge in [-0.05, 0) is 174 Å². The van der Waals surface area contributed by atoms with Gasteiger partial charge in [-0.3, -0.25) is 0 Å². The molecular weight excluding hydrogens is 1820 g/mol. The molecule has 0 amide bonds. The Morgan fingerprint density at radius 3 is 0.839 bits per heavy atom. The average Bonchev–Trinajstić information content (AvgIpc) is 1.61. The minimum atomic E-state index is 0. The fraction of sp³-hybridized carbons (Fsp3) is 0.0146. The van der Waals surface area contributed by atoms with Crippen LogP contribution in [0.1, 0.15) is 14.9 Å². The van der Waals surface area contributed by atoms with Crippen molar-refractivity contribution >= 4 is 163 Å². The summed E-state index contributed by atoms with van der Waals surface area (Å²) in [6.07, 6.45) is 0. The van der Waals surface area contributed by atoms with Gasteiger partial charge >= 0.3 is 0 Å². The zero-order chi connectivity index (χ0) is 96.9. The average molecular weight is 1910 g/mol. The molecule has 24 aromatic carbocycles. The van der Waals surface area contributed by atoms with E-state index in [0.29, 0.717) is 52.4 Å². The maximum atomic E-state index is 6.68. The maximum absolute atomic E-state index is 6.68. The van der Waals surface area contributed by atoms with Gasteiger partial charge in [-0.25, -0.2) is 44.9 Å². The molecular formula is C137H89N9O3. The van der Waals surface area contributed by atoms with Crippen molar-refractivity contribution in [3.8, 4) is 136 Å². The summed E-state index contributed by atoms with van der Waals surface area (Å²) in [6, 6.07) is 171. The topological polar surface area (TPSA) is 155 Å². The molecule has 0 bridgehead atoms. The fourth-order valence-electron chi connectivity index (χ4n) is 21.3. The van der Waals surface area contributed by atoms with E-state index in [1.165, 1.54) is 54.4 Å². The summed E-state index contributed by atoms with van der Waals surface area (Å²) >= 11 is 0. The van der Waals surface area contributed by atoms with Gasteiger partial charge in [0.2, 0.25) is 0 Å². The first-order valence-electron chi connectivity index (χ1n) is 49.3. The highest BCUT2D eigenvalue weighted by atomic mass is 16.3. The normalized spacial score (nSPS) is 11.5. The SMILES string of the molecule is C.C.c1ccc(-c2nc(-c3ccc(-c4ccc5ccccc5c4)cc3)nc(-c3c4ccccc4cc4oc5ccc6ccccc6c5c34)n2)cc1.c1ccc(-c2nc(-c3ccc(-c4ccc5ccccc5c4)cc3)nc(-c3cc4c(oc5ccc6ccccc6c54)c4ccccc34)n2)cc1.c1ccc(-c2nc(-c3ccc(-c4ccc5ccccc5c4)cc3)nc(-c3cc4ccccc4c4oc5ccc6ccccc6c5c34)n2)cc1. The van der Waals surface area contributed by atoms with E-state index in [1.807, 2.05) is 91.0 Å². The van der Waals surface area contributed by atoms with Gasteiger partial charge < -0.3 is 13.3 Å². The quantitative estimate of drug-likeness (QED) is 0.114. The molecule has 0 unspecified atom stereocenters. The first kappa shape index (κ1) is 89.2. The van der Waals surface area contributed by atoms with Crippen LogP contribution in [-0.4, -0.2) is 44.9 Å². The largest absolute Gasteiger partial charge is 0.456 e. The van der Waals surface area contributed by atoms with Crippen molar-refractivity contribution in [3.63, 3.8) is 0 Å². The molecule has 0 aliphatic carbocycles. The molecule has 0 aliphatic rings. The van der Waals surface area contributed by atoms with Gasteiger partial charge in [0.15, 0.2) is 52.4 Å². The van der Waals surface area contributed by atoms with Crippen LogP contribution >= 0.6 is 0 Å². The summed E-state index contributed by atoms with van der Waals surface area (Å²) < 4.78 is 19.8. The van der Waals surface area contributed by atoms with Gasteiger partial charge in [-0.1, -0.05) is 452 Å². The lowest BCUT2D eigenvalue weighted by Crippen LogP contribution is -2.01. The smallest absolute Gasteiger partial charge is 0.165 e. The fourth-order valence-corrected chi connectivity index (χ4v) is 21.3. The molecule has 0 aliphatic heterocycles. The van der Waals surface area contributed by atoms with Gasteiger partial charge in [0.25, 0.3) is 0 Å². The Bertz CT molecular complexity index is 10500. The van der Waals surface area contributed by atoms with Gasteiger partial charge in [0.05, 0.1) is 0 Å². The summed E-state index contributed by atoms with van der Waals surface area (Å²) in [5.41, 5.74) is 20.3. The second-order valence-corrected chi connectivity index (χ2v) is 37.3. The van der Waals surface area contributed by atoms with E-state index in [1.54, 1.807) is 0 Å². The zero-order valence-corrected chi connectivity index (χ0v) is 79.0. The summed E-state index contributed by atoms with van der Waals surface area (Å²) in [7, 11) is 0. The number of benzene rings is 24. The standard InChI is InChI=1S/3C45H27N3O.2CH4/c1-2-12-31(13-3-1)43-46-44(32-21-18-29(19-22-32)34-23-20-28-10-4-5-14-33(28)26-34)48-45(47-43)38-27-35-15-7-9-17-37(35)42-41(38)40-36-16-8-6-11-30(36)24-25-39(40)49-42;1-2-12-31(13-3-1)43-46-44(32-21-18-29(19-22-32)34-23-20-28-10-4-5-14-33(28)26-34)48-45(47-43)41-37-17-9-7-15-35(37)27-39-42(41)40-36-16-8-6-11-30(36)24-25-38(40)49-39;1-2-12-31(13-3-1)43-46-44(32-21-18-29(19-22-32)34-23-20-28-10-4-5-14-33(28)26-34)48-45(47-43)38-27-39-41-35-15-7-6-11-30(35)24-25-40(41)49-42(39)37-17-9-8-16-36(37)38;;/h3*1-27H;2*1H4. The first-order valence-corrected chi connectivity index (χ1v) is 49.3. The molecule has 0 fully saturated rings. The van der Waals surface area contributed by atoms with Crippen LogP contribution in [0.3, 0.4) is 0 Å². The number of aromatic nitrogens is 9. The second kappa shape index (κ2) is 37.4. The second-order valence-electron chi connectivity index (χ2n) is 37.3. The lowest BCUT2D eigenvalue weighted by Gasteiger charge is -2.12. The summed E-state index contributed by atoms with van der Waals surface area (Å²) in [5.74, 6) is 5.58. The Morgan fingerprint density at radius 2 is 0.409 bits per heavy atom. The van der Waals surface area contributed by atoms with Crippen LogP contribution in [0.2, 0.25) is 0 Å². The third-order valence-electron chi connectivity index (χ3n) is 28.5. The molecule has 6 heterocycles. The monoisotopic (exact) mass is 1910 g/mol. The van der Waals surface area contributed by atoms with Crippen LogP contribution in [0.5, 0.6) is 0 Å². The Hall–Kier alpha value is -20.0. The van der Waals surface area contributed by atoms with E-state index in [9.17, 15) is 0 Å². The highest BCUT2D eigenvalue weighted by Gasteiger charge is 2.28. The molecule has 0 spiro atoms. The van der Waals surface area contributed by atoms with Gasteiger partial charge in [0, 0.05) is 93.2 Å². The maximum Gasteiger partial charge on any atom is 0.165 e. The van der Waals surface area contributed by atoms with Crippen molar-refractivity contribution in [3.05, 3.63) is 491 Å². The summed E-state index contributed by atoms with van der Waals surface area (Å²) in [4.78, 5) is 46.2. The molecule has 149 heavy (non-hydrogen) atoms. The van der Waals surface area contributed by atoms with Gasteiger partial charge in [-0.2, -0.15) is 0 Å². The van der Waals surface area contributed by atoms with Crippen LogP contribution in [0.25, 0.3) is 299 Å². The Kier molecular flexibility index (Phi) is 22.4. The van der Waals surface area contributed by atoms with Crippen LogP contribution in [0.4, 0.5) is 0 Å². The van der Waals surface area contributed by atoms with Crippen LogP contribution in [0.15, 0.2) is 505 Å². The van der Waals surface area contributed by atoms with Crippen molar-refractivity contribution in [1.82, 2.24) is 44.9 Å². The van der Waals surface area contributed by atoms with E-state index >= 15 is 0 Å². The van der Waals surface area contributed by atoms with Crippen molar-refractivity contribution in [1.29, 1.82) is 0 Å². The van der Waals surface area contributed by atoms with Crippen molar-refractivity contribution in [2.75, 3.05) is 0 Å². The molecule has 0 N–H and O–H groups in total. The highest BCUT2D eigenvalue weighted by molar-refractivity contribution is 6.30. The molecule has 0 atom stereocenters. The van der Waals surface area contributed by atoms with E-state index < -0.39 is 0 Å². The van der Waals surface area contributed by atoms with Crippen LogP contribution < -0.4 is 0 Å². The molecule has 30 aromatic rings. The van der Waals surface area contributed by atoms with Crippen molar-refractivity contribution in [2.45, 2.75) is 14.9 Å². The zero-order valence-electron chi connectivity index (χ0n) is 79.0. The van der Waals surface area contributed by atoms with Crippen LogP contribution in [-0.2, 0) is 0 Å². The number of furan rings is 3. The molecule has 6 aromatic heterocycles. The van der Waals surface area contributed by atoms with E-state index in [0.717, 1.165) is 192 Å². The number of nitrogens with zero attached hydrogens (tertiary/aromatic N) is 9. The van der Waals surface area contributed by atoms with E-state index in [-0.39, 0.29) is 14.9 Å². The summed E-state index contributed by atoms with van der Waals surface area (Å²) in [5, 5.41) is 26.9. The molecule has 12 heteroatoms. The Morgan fingerprint density at radius 1 is 0.128 bits per heavy atom. The van der Waals surface area contributed by atoms with Crippen molar-refractivity contribution in [2.24, 2.45) is 0 Å². The number of hydrogen-bond acceptors (Lipinski definition) is 12. The molecule has 30 rings (SSSR count). The number of fused-ring (bicyclic) bond motifs is 23. The third kappa shape index (κ3) is 16.1. The van der Waals surface area contributed by atoms with Crippen molar-refractivity contribution < 1.29 is 13.3 Å². The highest BCUT2D eigenvalue weighted by Crippen LogP contribution is 2.49. The molecule has 0 saturated heterocycles. The lowest BCUT2D eigenvalue weighted by atomic mass is 9.95. The minimum absolute atomic E-state index is 0. The van der Waals surface area contributed by atoms with E-state index in [2.05, 4.69) is 400 Å². The van der Waals surface area contributed by atoms with Gasteiger partial charge in [0.1, 0.15) is 33.5 Å². The third-order valence-corrected chi connectivity index (χ3v) is 28.5. The predicted molar refractivity (Wildman–Crippen MR) is 618 cm³/mol. The number of rotatable bonds is 12. The lowest BCUT2D eigenvalue weighted by molar-refractivity contribution is 0.669. The molecule has 0 saturated carbocycles. The summed E-state index contributed by atoms with van der Waals surface area (Å²) in [6.45, 7) is 0.